The maximum Gasteiger partial charge on any atom is 0.343 e. The van der Waals surface area contributed by atoms with Crippen molar-refractivity contribution in [1.29, 1.82) is 0 Å². The number of hydrogen-bond acceptors (Lipinski definition) is 2. The van der Waals surface area contributed by atoms with Crippen molar-refractivity contribution in [1.82, 2.24) is 0 Å². The Morgan fingerprint density at radius 3 is 1.48 bits per heavy atom. The first-order valence-corrected chi connectivity index (χ1v) is 17.5. The maximum atomic E-state index is 5.32. The molecule has 3 heteroatoms. The van der Waals surface area contributed by atoms with Crippen LogP contribution < -0.4 is 19.9 Å². The number of benzene rings is 5. The van der Waals surface area contributed by atoms with Gasteiger partial charge in [-0.25, -0.2) is 0 Å². The smallest absolute Gasteiger partial charge is 0.343 e. The molecule has 0 radical (unpaired) electrons. The fourth-order valence-corrected chi connectivity index (χ4v) is 6.26. The molecule has 0 fully saturated rings. The van der Waals surface area contributed by atoms with Gasteiger partial charge >= 0.3 is 5.78 Å². The predicted molar refractivity (Wildman–Crippen MR) is 220 cm³/mol. The Kier molecular flexibility index (Phi) is 11.4. The first-order valence-electron chi connectivity index (χ1n) is 17.5. The lowest BCUT2D eigenvalue weighted by atomic mass is 9.90. The Bertz CT molecular complexity index is 2250. The minimum Gasteiger partial charge on any atom is -0.497 e. The van der Waals surface area contributed by atoms with Gasteiger partial charge in [0.05, 0.1) is 14.2 Å². The predicted octanol–water partition coefficient (Wildman–Crippen LogP) is 9.78. The largest absolute Gasteiger partial charge is 0.497 e. The molecule has 3 nitrogen and oxygen atoms in total. The van der Waals surface area contributed by atoms with Gasteiger partial charge in [-0.05, 0) is 129 Å². The molecule has 0 unspecified atom stereocenters. The van der Waals surface area contributed by atoms with E-state index in [9.17, 15) is 0 Å². The quantitative estimate of drug-likeness (QED) is 0.115. The van der Waals surface area contributed by atoms with Crippen LogP contribution in [0.15, 0.2) is 139 Å². The molecular weight excluding hydrogens is 637 g/mol. The van der Waals surface area contributed by atoms with E-state index in [1.165, 1.54) is 55.0 Å². The topological polar surface area (TPSA) is 29.8 Å². The highest BCUT2D eigenvalue weighted by atomic mass is 16.5. The summed E-state index contributed by atoms with van der Waals surface area (Å²) >= 11 is 0. The fraction of sp³-hybridized carbons (Fsp3) is 0.122. The summed E-state index contributed by atoms with van der Waals surface area (Å²) in [5.74, 6) is 2.57. The van der Waals surface area contributed by atoms with Gasteiger partial charge < -0.3 is 9.47 Å². The SMILES string of the molecule is COc1ccc(/C=C/c2ccc(C(c3ccc(/C=C/c4ccc(OC)cc4)c(C)c3)=c3cc/c(=C\C=C4C=CC(=[O+]C)C=C4)c(C)c3)cc2C)cc1. The summed E-state index contributed by atoms with van der Waals surface area (Å²) in [5, 5.41) is 2.37. The highest BCUT2D eigenvalue weighted by molar-refractivity contribution is 6.01. The minimum atomic E-state index is 0.855. The molecule has 0 saturated heterocycles. The summed E-state index contributed by atoms with van der Waals surface area (Å²) in [6, 6.07) is 36.6. The van der Waals surface area contributed by atoms with Crippen LogP contribution in [0.1, 0.15) is 50.1 Å². The number of ether oxygens (including phenoxy) is 2. The second-order valence-corrected chi connectivity index (χ2v) is 12.9. The van der Waals surface area contributed by atoms with Gasteiger partial charge in [-0.2, -0.15) is 0 Å². The van der Waals surface area contributed by atoms with Crippen molar-refractivity contribution < 1.29 is 13.9 Å². The number of allylic oxidation sites excluding steroid dienone is 6. The van der Waals surface area contributed by atoms with E-state index in [1.54, 1.807) is 21.3 Å². The van der Waals surface area contributed by atoms with E-state index in [4.69, 9.17) is 13.9 Å². The van der Waals surface area contributed by atoms with Crippen molar-refractivity contribution in [2.75, 3.05) is 21.3 Å². The van der Waals surface area contributed by atoms with Crippen LogP contribution in [0.4, 0.5) is 0 Å². The molecule has 258 valence electrons. The lowest BCUT2D eigenvalue weighted by Gasteiger charge is -2.14. The van der Waals surface area contributed by atoms with Crippen LogP contribution in [-0.2, 0) is 4.42 Å². The van der Waals surface area contributed by atoms with Crippen molar-refractivity contribution in [3.05, 3.63) is 200 Å². The van der Waals surface area contributed by atoms with E-state index in [0.29, 0.717) is 0 Å². The zero-order valence-corrected chi connectivity index (χ0v) is 30.8. The third kappa shape index (κ3) is 8.75. The number of ketones is 1. The van der Waals surface area contributed by atoms with Gasteiger partial charge in [0.2, 0.25) is 0 Å². The molecule has 0 saturated carbocycles. The van der Waals surface area contributed by atoms with E-state index in [-0.39, 0.29) is 0 Å². The van der Waals surface area contributed by atoms with Crippen LogP contribution in [0.5, 0.6) is 11.5 Å². The van der Waals surface area contributed by atoms with Gasteiger partial charge in [0.15, 0.2) is 0 Å². The van der Waals surface area contributed by atoms with E-state index >= 15 is 0 Å². The first kappa shape index (κ1) is 35.6. The molecule has 0 atom stereocenters. The summed E-state index contributed by atoms with van der Waals surface area (Å²) in [4.78, 5) is 0. The molecule has 0 amide bonds. The molecular formula is C49H45O3+. The van der Waals surface area contributed by atoms with Gasteiger partial charge in [0.1, 0.15) is 11.5 Å². The summed E-state index contributed by atoms with van der Waals surface area (Å²) in [5.41, 5.74) is 13.0. The lowest BCUT2D eigenvalue weighted by molar-refractivity contribution is -0.417. The summed E-state index contributed by atoms with van der Waals surface area (Å²) < 4.78 is 16.0. The second-order valence-electron chi connectivity index (χ2n) is 12.9. The van der Waals surface area contributed by atoms with Crippen LogP contribution in [-0.4, -0.2) is 27.1 Å². The average Bonchev–Trinajstić information content (AvgIpc) is 3.17. The highest BCUT2D eigenvalue weighted by Gasteiger charge is 2.11. The summed E-state index contributed by atoms with van der Waals surface area (Å²) in [6.45, 7) is 6.56. The van der Waals surface area contributed by atoms with Gasteiger partial charge in [-0.1, -0.05) is 115 Å². The maximum absolute atomic E-state index is 5.32. The lowest BCUT2D eigenvalue weighted by Crippen LogP contribution is -2.15. The van der Waals surface area contributed by atoms with Crippen molar-refractivity contribution >= 4 is 41.7 Å². The standard InChI is InChI=1S/C49H45O3/c1-34-31-43(22-19-40(34)16-7-37-10-25-46(50-4)26-11-37)49(44-23-20-41(35(2)32-44)17-8-38-12-27-47(51-5)28-13-38)45-24-21-42(36(3)33-45)18-9-39-14-29-48(52-6)30-15-39/h7-33H,1-6H3/q+1/b16-7+,17-8+,42-18+. The molecule has 0 spiro atoms. The van der Waals surface area contributed by atoms with Crippen LogP contribution in [0.3, 0.4) is 0 Å². The Morgan fingerprint density at radius 2 is 1.04 bits per heavy atom. The van der Waals surface area contributed by atoms with Crippen LogP contribution in [0, 0.1) is 20.8 Å². The monoisotopic (exact) mass is 681 g/mol. The Hall–Kier alpha value is -6.19. The third-order valence-electron chi connectivity index (χ3n) is 9.39. The molecule has 5 aromatic rings. The second kappa shape index (κ2) is 16.7. The average molecular weight is 682 g/mol. The van der Waals surface area contributed by atoms with Gasteiger partial charge in [-0.15, -0.1) is 0 Å². The fourth-order valence-electron chi connectivity index (χ4n) is 6.26. The van der Waals surface area contributed by atoms with Gasteiger partial charge in [0.25, 0.3) is 7.11 Å². The highest BCUT2D eigenvalue weighted by Crippen LogP contribution is 2.27. The normalized spacial score (nSPS) is 12.9. The molecule has 6 rings (SSSR count). The zero-order chi connectivity index (χ0) is 36.5. The Labute approximate surface area is 307 Å². The Morgan fingerprint density at radius 1 is 0.519 bits per heavy atom. The van der Waals surface area contributed by atoms with E-state index in [0.717, 1.165) is 34.0 Å². The summed E-state index contributed by atoms with van der Waals surface area (Å²) in [7, 11) is 5.07. The number of carbonyl (C=O) groups excluding carboxylic acids is 1. The van der Waals surface area contributed by atoms with Gasteiger partial charge in [0, 0.05) is 12.2 Å². The molecule has 5 aromatic carbocycles. The summed E-state index contributed by atoms with van der Waals surface area (Å²) in [6.07, 6.45) is 21.1. The van der Waals surface area contributed by atoms with Crippen molar-refractivity contribution in [2.45, 2.75) is 20.8 Å². The van der Waals surface area contributed by atoms with E-state index in [1.807, 2.05) is 36.4 Å². The van der Waals surface area contributed by atoms with Crippen LogP contribution in [0.25, 0.3) is 36.0 Å². The minimum absolute atomic E-state index is 0.855. The van der Waals surface area contributed by atoms with Crippen LogP contribution in [0.2, 0.25) is 0 Å². The van der Waals surface area contributed by atoms with Gasteiger partial charge in [-0.3, -0.25) is 4.42 Å². The van der Waals surface area contributed by atoms with E-state index < -0.39 is 0 Å². The molecule has 0 aliphatic heterocycles. The van der Waals surface area contributed by atoms with Crippen molar-refractivity contribution in [3.63, 3.8) is 0 Å². The number of methoxy groups -OCH3 is 2. The third-order valence-corrected chi connectivity index (χ3v) is 9.39. The first-order chi connectivity index (χ1) is 25.3. The van der Waals surface area contributed by atoms with Crippen molar-refractivity contribution in [2.24, 2.45) is 0 Å². The molecule has 1 aliphatic carbocycles. The molecule has 1 aliphatic rings. The molecule has 52 heavy (non-hydrogen) atoms. The molecule has 0 heterocycles. The molecule has 0 bridgehead atoms. The number of aryl methyl sites for hydroxylation is 3. The Balaban J connectivity index is 1.39. The number of rotatable bonds is 9. The zero-order valence-electron chi connectivity index (χ0n) is 30.8. The number of hydrogen-bond donors (Lipinski definition) is 0. The van der Waals surface area contributed by atoms with E-state index in [2.05, 4.69) is 148 Å². The molecule has 0 N–H and O–H groups in total. The van der Waals surface area contributed by atoms with Crippen LogP contribution >= 0.6 is 0 Å². The molecule has 0 aromatic heterocycles. The van der Waals surface area contributed by atoms with Crippen molar-refractivity contribution in [3.8, 4) is 11.5 Å².